The highest BCUT2D eigenvalue weighted by atomic mass is 35.5. The average Bonchev–Trinajstić information content (AvgIpc) is 3.20. The van der Waals surface area contributed by atoms with Crippen molar-refractivity contribution in [2.24, 2.45) is 10.9 Å². The number of nitrogens with one attached hydrogen (secondary N) is 1. The third-order valence-corrected chi connectivity index (χ3v) is 6.84. The number of ether oxygens (including phenoxy) is 1. The molecule has 0 saturated carbocycles. The summed E-state index contributed by atoms with van der Waals surface area (Å²) in [4.78, 5) is 22.7. The molecule has 158 valence electrons. The number of halogens is 1. The summed E-state index contributed by atoms with van der Waals surface area (Å²) in [6.07, 6.45) is 3.74. The van der Waals surface area contributed by atoms with Crippen molar-refractivity contribution in [3.8, 4) is 11.5 Å². The molecule has 0 radical (unpaired) electrons. The van der Waals surface area contributed by atoms with Crippen molar-refractivity contribution in [1.29, 1.82) is 0 Å². The quantitative estimate of drug-likeness (QED) is 0.720. The van der Waals surface area contributed by atoms with Gasteiger partial charge in [0, 0.05) is 38.0 Å². The van der Waals surface area contributed by atoms with E-state index in [0.717, 1.165) is 42.4 Å². The van der Waals surface area contributed by atoms with E-state index in [-0.39, 0.29) is 11.9 Å². The Hall–Kier alpha value is -2.25. The minimum absolute atomic E-state index is 0.167. The lowest BCUT2D eigenvalue weighted by molar-refractivity contribution is -0.130. The highest BCUT2D eigenvalue weighted by molar-refractivity contribution is 8.14. The third kappa shape index (κ3) is 4.90. The number of aliphatic imine (C=N–C) groups is 1. The average molecular weight is 445 g/mol. The number of aromatic nitrogens is 1. The first-order valence-electron chi connectivity index (χ1n) is 10.1. The fourth-order valence-electron chi connectivity index (χ4n) is 3.81. The standard InChI is InChI=1S/C22H25ClN4O2S/c1-14-4-3-5-18(23)21(14)29-17-6-9-24-20(12-17)26-22-25-19(13-30-22)16-7-10-27(11-8-16)15(2)28/h3-6,9,12,16,19H,7-8,10-11,13H2,1-2H3,(H,24,25,26). The molecule has 0 aliphatic carbocycles. The van der Waals surface area contributed by atoms with Crippen molar-refractivity contribution in [1.82, 2.24) is 9.88 Å². The van der Waals surface area contributed by atoms with Crippen molar-refractivity contribution >= 4 is 40.3 Å². The van der Waals surface area contributed by atoms with Crippen molar-refractivity contribution in [2.75, 3.05) is 24.2 Å². The molecule has 8 heteroatoms. The van der Waals surface area contributed by atoms with Gasteiger partial charge in [0.25, 0.3) is 0 Å². The zero-order valence-corrected chi connectivity index (χ0v) is 18.7. The number of pyridine rings is 1. The van der Waals surface area contributed by atoms with Gasteiger partial charge in [0.1, 0.15) is 17.3 Å². The van der Waals surface area contributed by atoms with Gasteiger partial charge in [0.2, 0.25) is 5.91 Å². The number of hydrogen-bond donors (Lipinski definition) is 1. The number of likely N-dealkylation sites (tertiary alicyclic amines) is 1. The van der Waals surface area contributed by atoms with Gasteiger partial charge in [0.15, 0.2) is 5.17 Å². The van der Waals surface area contributed by atoms with Gasteiger partial charge >= 0.3 is 0 Å². The molecule has 2 aliphatic heterocycles. The number of hydrogen-bond acceptors (Lipinski definition) is 6. The molecule has 0 bridgehead atoms. The Labute approximate surface area is 186 Å². The number of carbonyl (C=O) groups excluding carboxylic acids is 1. The molecule has 2 aliphatic rings. The number of benzene rings is 1. The lowest BCUT2D eigenvalue weighted by atomic mass is 9.90. The van der Waals surface area contributed by atoms with Crippen LogP contribution >= 0.6 is 23.4 Å². The first-order valence-corrected chi connectivity index (χ1v) is 11.5. The van der Waals surface area contributed by atoms with Crippen LogP contribution < -0.4 is 10.1 Å². The molecule has 3 heterocycles. The summed E-state index contributed by atoms with van der Waals surface area (Å²) >= 11 is 7.99. The molecule has 1 N–H and O–H groups in total. The van der Waals surface area contributed by atoms with Crippen LogP contribution in [0.25, 0.3) is 0 Å². The van der Waals surface area contributed by atoms with Crippen LogP contribution in [-0.2, 0) is 4.79 Å². The fourth-order valence-corrected chi connectivity index (χ4v) is 5.14. The van der Waals surface area contributed by atoms with E-state index in [4.69, 9.17) is 21.3 Å². The van der Waals surface area contributed by atoms with E-state index in [0.29, 0.717) is 28.3 Å². The van der Waals surface area contributed by atoms with Gasteiger partial charge in [-0.1, -0.05) is 35.5 Å². The van der Waals surface area contributed by atoms with Crippen LogP contribution in [0.2, 0.25) is 5.02 Å². The van der Waals surface area contributed by atoms with Crippen LogP contribution in [0.1, 0.15) is 25.3 Å². The van der Waals surface area contributed by atoms with E-state index in [1.807, 2.05) is 42.2 Å². The molecule has 4 rings (SSSR count). The molecule has 1 atom stereocenters. The molecule has 1 amide bonds. The molecule has 1 unspecified atom stereocenters. The third-order valence-electron chi connectivity index (χ3n) is 5.55. The van der Waals surface area contributed by atoms with E-state index in [1.54, 1.807) is 24.9 Å². The van der Waals surface area contributed by atoms with Crippen LogP contribution in [0.4, 0.5) is 5.82 Å². The number of amidine groups is 1. The number of carbonyl (C=O) groups is 1. The van der Waals surface area contributed by atoms with Crippen molar-refractivity contribution < 1.29 is 9.53 Å². The van der Waals surface area contributed by atoms with Crippen molar-refractivity contribution in [3.63, 3.8) is 0 Å². The smallest absolute Gasteiger partial charge is 0.219 e. The number of amides is 1. The van der Waals surface area contributed by atoms with E-state index in [2.05, 4.69) is 10.3 Å². The number of piperidine rings is 1. The van der Waals surface area contributed by atoms with E-state index >= 15 is 0 Å². The van der Waals surface area contributed by atoms with Gasteiger partial charge < -0.3 is 15.0 Å². The predicted molar refractivity (Wildman–Crippen MR) is 123 cm³/mol. The molecule has 1 fully saturated rings. The van der Waals surface area contributed by atoms with Gasteiger partial charge in [-0.3, -0.25) is 9.79 Å². The molecule has 30 heavy (non-hydrogen) atoms. The Morgan fingerprint density at radius 1 is 1.30 bits per heavy atom. The minimum Gasteiger partial charge on any atom is -0.455 e. The Kier molecular flexibility index (Phi) is 6.49. The lowest BCUT2D eigenvalue weighted by Crippen LogP contribution is -2.39. The normalized spacial score (nSPS) is 19.5. The maximum Gasteiger partial charge on any atom is 0.219 e. The summed E-state index contributed by atoms with van der Waals surface area (Å²) in [5.74, 6) is 3.66. The topological polar surface area (TPSA) is 66.8 Å². The number of aryl methyl sites for hydroxylation is 1. The Bertz CT molecular complexity index is 940. The molecule has 6 nitrogen and oxygen atoms in total. The van der Waals surface area contributed by atoms with Crippen LogP contribution in [0, 0.1) is 12.8 Å². The summed E-state index contributed by atoms with van der Waals surface area (Å²) < 4.78 is 6.00. The number of anilines is 1. The van der Waals surface area contributed by atoms with Gasteiger partial charge in [-0.25, -0.2) is 4.98 Å². The molecule has 2 aromatic rings. The number of para-hydroxylation sites is 1. The second-order valence-corrected chi connectivity index (χ2v) is 9.06. The second-order valence-electron chi connectivity index (χ2n) is 7.65. The van der Waals surface area contributed by atoms with Gasteiger partial charge in [-0.15, -0.1) is 0 Å². The minimum atomic E-state index is 0.167. The molecular weight excluding hydrogens is 420 g/mol. The van der Waals surface area contributed by atoms with Crippen LogP contribution in [0.3, 0.4) is 0 Å². The first-order chi connectivity index (χ1) is 14.5. The van der Waals surface area contributed by atoms with Crippen LogP contribution in [-0.4, -0.2) is 45.8 Å². The number of nitrogens with zero attached hydrogens (tertiary/aromatic N) is 3. The van der Waals surface area contributed by atoms with Gasteiger partial charge in [-0.05, 0) is 43.4 Å². The molecular formula is C22H25ClN4O2S. The zero-order chi connectivity index (χ0) is 21.1. The Balaban J connectivity index is 1.39. The van der Waals surface area contributed by atoms with Crippen LogP contribution in [0.15, 0.2) is 41.5 Å². The molecule has 1 aromatic carbocycles. The number of rotatable bonds is 4. The summed E-state index contributed by atoms with van der Waals surface area (Å²) in [5, 5.41) is 4.78. The SMILES string of the molecule is CC(=O)N1CCC(C2CSC(Nc3cc(Oc4c(C)cccc4Cl)ccn3)=N2)CC1. The maximum atomic E-state index is 11.5. The largest absolute Gasteiger partial charge is 0.455 e. The summed E-state index contributed by atoms with van der Waals surface area (Å²) in [5.41, 5.74) is 0.975. The fraction of sp³-hybridized carbons (Fsp3) is 0.409. The monoisotopic (exact) mass is 444 g/mol. The molecule has 1 aromatic heterocycles. The van der Waals surface area contributed by atoms with Crippen LogP contribution in [0.5, 0.6) is 11.5 Å². The Morgan fingerprint density at radius 2 is 2.10 bits per heavy atom. The van der Waals surface area contributed by atoms with Crippen molar-refractivity contribution in [3.05, 3.63) is 47.1 Å². The van der Waals surface area contributed by atoms with E-state index in [1.165, 1.54) is 0 Å². The summed E-state index contributed by atoms with van der Waals surface area (Å²) in [6, 6.07) is 9.63. The summed E-state index contributed by atoms with van der Waals surface area (Å²) in [7, 11) is 0. The first kappa shape index (κ1) is 21.0. The molecule has 1 saturated heterocycles. The summed E-state index contributed by atoms with van der Waals surface area (Å²) in [6.45, 7) is 5.28. The maximum absolute atomic E-state index is 11.5. The predicted octanol–water partition coefficient (Wildman–Crippen LogP) is 4.98. The second kappa shape index (κ2) is 9.27. The van der Waals surface area contributed by atoms with Gasteiger partial charge in [-0.2, -0.15) is 0 Å². The van der Waals surface area contributed by atoms with Crippen molar-refractivity contribution in [2.45, 2.75) is 32.7 Å². The highest BCUT2D eigenvalue weighted by Crippen LogP contribution is 2.34. The number of thioether (sulfide) groups is 1. The molecule has 0 spiro atoms. The highest BCUT2D eigenvalue weighted by Gasteiger charge is 2.30. The van der Waals surface area contributed by atoms with E-state index in [9.17, 15) is 4.79 Å². The lowest BCUT2D eigenvalue weighted by Gasteiger charge is -2.33. The zero-order valence-electron chi connectivity index (χ0n) is 17.1. The van der Waals surface area contributed by atoms with Gasteiger partial charge in [0.05, 0.1) is 11.1 Å². The Morgan fingerprint density at radius 3 is 2.83 bits per heavy atom. The van der Waals surface area contributed by atoms with E-state index < -0.39 is 0 Å².